The lowest BCUT2D eigenvalue weighted by Gasteiger charge is -2.27. The molecule has 2 heterocycles. The number of methoxy groups -OCH3 is 2. The summed E-state index contributed by atoms with van der Waals surface area (Å²) in [6.45, 7) is 0.740. The van der Waals surface area contributed by atoms with E-state index in [-0.39, 0.29) is 4.90 Å². The molecule has 0 saturated heterocycles. The van der Waals surface area contributed by atoms with E-state index in [0.29, 0.717) is 31.0 Å². The Morgan fingerprint density at radius 1 is 1.08 bits per heavy atom. The van der Waals surface area contributed by atoms with Crippen molar-refractivity contribution in [1.82, 2.24) is 9.29 Å². The summed E-state index contributed by atoms with van der Waals surface area (Å²) in [5.41, 5.74) is 3.18. The fraction of sp³-hybridized carbons (Fsp3) is 0.263. The van der Waals surface area contributed by atoms with E-state index in [1.54, 1.807) is 12.1 Å². The van der Waals surface area contributed by atoms with E-state index < -0.39 is 10.0 Å². The van der Waals surface area contributed by atoms with Crippen LogP contribution in [0.4, 0.5) is 0 Å². The van der Waals surface area contributed by atoms with Crippen LogP contribution in [0.1, 0.15) is 11.3 Å². The van der Waals surface area contributed by atoms with Gasteiger partial charge in [0.1, 0.15) is 16.4 Å². The monoisotopic (exact) mass is 372 g/mol. The zero-order valence-electron chi connectivity index (χ0n) is 14.7. The zero-order chi connectivity index (χ0) is 18.3. The molecule has 7 heteroatoms. The van der Waals surface area contributed by atoms with E-state index in [9.17, 15) is 8.42 Å². The van der Waals surface area contributed by atoms with Crippen LogP contribution in [0.15, 0.2) is 47.4 Å². The van der Waals surface area contributed by atoms with Crippen molar-refractivity contribution < 1.29 is 17.9 Å². The lowest BCUT2D eigenvalue weighted by Crippen LogP contribution is -2.36. The number of nitrogens with one attached hydrogen (secondary N) is 1. The van der Waals surface area contributed by atoms with Gasteiger partial charge in [-0.15, -0.1) is 0 Å². The van der Waals surface area contributed by atoms with E-state index in [2.05, 4.69) is 11.1 Å². The number of rotatable bonds is 4. The second-order valence-corrected chi connectivity index (χ2v) is 8.14. The Bertz CT molecular complexity index is 1070. The average molecular weight is 372 g/mol. The van der Waals surface area contributed by atoms with Crippen molar-refractivity contribution >= 4 is 20.9 Å². The molecular formula is C19H20N2O4S. The molecule has 0 atom stereocenters. The van der Waals surface area contributed by atoms with Crippen LogP contribution < -0.4 is 9.47 Å². The minimum absolute atomic E-state index is 0.124. The van der Waals surface area contributed by atoms with Gasteiger partial charge in [0.05, 0.1) is 20.8 Å². The Balaban J connectivity index is 1.74. The van der Waals surface area contributed by atoms with Crippen LogP contribution in [-0.2, 0) is 23.0 Å². The third-order valence-electron chi connectivity index (χ3n) is 4.84. The van der Waals surface area contributed by atoms with E-state index in [1.165, 1.54) is 35.5 Å². The highest BCUT2D eigenvalue weighted by Crippen LogP contribution is 2.34. The number of hydrogen-bond acceptors (Lipinski definition) is 4. The van der Waals surface area contributed by atoms with Crippen molar-refractivity contribution in [2.75, 3.05) is 20.8 Å². The Morgan fingerprint density at radius 3 is 2.65 bits per heavy atom. The van der Waals surface area contributed by atoms with Crippen LogP contribution in [-0.4, -0.2) is 38.5 Å². The molecule has 26 heavy (non-hydrogen) atoms. The van der Waals surface area contributed by atoms with Crippen LogP contribution >= 0.6 is 0 Å². The maximum Gasteiger partial charge on any atom is 0.247 e. The van der Waals surface area contributed by atoms with Crippen molar-refractivity contribution in [3.8, 4) is 11.5 Å². The number of H-pyrrole nitrogens is 1. The molecule has 0 saturated carbocycles. The summed E-state index contributed by atoms with van der Waals surface area (Å²) in [4.78, 5) is 3.48. The predicted octanol–water partition coefficient (Wildman–Crippen LogP) is 2.93. The number of benzene rings is 2. The third-order valence-corrected chi connectivity index (χ3v) is 6.70. The molecule has 1 aromatic heterocycles. The molecule has 1 N–H and O–H groups in total. The number of nitrogens with zero attached hydrogens (tertiary/aromatic N) is 1. The molecular weight excluding hydrogens is 352 g/mol. The first kappa shape index (κ1) is 16.9. The van der Waals surface area contributed by atoms with Crippen LogP contribution in [0.3, 0.4) is 0 Å². The average Bonchev–Trinajstić information content (AvgIpc) is 3.05. The number of fused-ring (bicyclic) bond motifs is 3. The quantitative estimate of drug-likeness (QED) is 0.764. The molecule has 136 valence electrons. The first-order valence-electron chi connectivity index (χ1n) is 8.35. The number of ether oxygens (including phenoxy) is 2. The highest BCUT2D eigenvalue weighted by molar-refractivity contribution is 7.89. The van der Waals surface area contributed by atoms with Gasteiger partial charge in [0.2, 0.25) is 10.0 Å². The maximum absolute atomic E-state index is 13.2. The largest absolute Gasteiger partial charge is 0.497 e. The SMILES string of the molecule is COc1ccc(OC)c(S(=O)(=O)N2CCc3c([nH]c4ccccc34)C2)c1. The second kappa shape index (κ2) is 6.34. The van der Waals surface area contributed by atoms with Gasteiger partial charge < -0.3 is 14.5 Å². The van der Waals surface area contributed by atoms with Crippen LogP contribution in [0.2, 0.25) is 0 Å². The molecule has 2 aromatic carbocycles. The smallest absolute Gasteiger partial charge is 0.247 e. The van der Waals surface area contributed by atoms with Crippen molar-refractivity contribution in [2.45, 2.75) is 17.9 Å². The maximum atomic E-state index is 13.2. The Morgan fingerprint density at radius 2 is 1.88 bits per heavy atom. The molecule has 0 unspecified atom stereocenters. The summed E-state index contributed by atoms with van der Waals surface area (Å²) < 4.78 is 38.4. The van der Waals surface area contributed by atoms with Crippen molar-refractivity contribution in [3.63, 3.8) is 0 Å². The van der Waals surface area contributed by atoms with Gasteiger partial charge in [-0.3, -0.25) is 0 Å². The number of para-hydroxylation sites is 1. The molecule has 1 aliphatic rings. The predicted molar refractivity (Wildman–Crippen MR) is 99.1 cm³/mol. The summed E-state index contributed by atoms with van der Waals surface area (Å²) in [6, 6.07) is 12.9. The van der Waals surface area contributed by atoms with E-state index in [0.717, 1.165) is 11.2 Å². The normalized spacial score (nSPS) is 15.0. The number of aromatic nitrogens is 1. The molecule has 0 bridgehead atoms. The lowest BCUT2D eigenvalue weighted by molar-refractivity contribution is 0.372. The molecule has 4 rings (SSSR count). The van der Waals surface area contributed by atoms with Crippen LogP contribution in [0.5, 0.6) is 11.5 Å². The minimum Gasteiger partial charge on any atom is -0.497 e. The van der Waals surface area contributed by atoms with Gasteiger partial charge in [0.15, 0.2) is 0 Å². The van der Waals surface area contributed by atoms with Gasteiger partial charge in [0.25, 0.3) is 0 Å². The second-order valence-electron chi connectivity index (χ2n) is 6.23. The van der Waals surface area contributed by atoms with Gasteiger partial charge in [-0.2, -0.15) is 4.31 Å². The Hall–Kier alpha value is -2.51. The summed E-state index contributed by atoms with van der Waals surface area (Å²) in [7, 11) is -0.734. The van der Waals surface area contributed by atoms with Crippen LogP contribution in [0.25, 0.3) is 10.9 Å². The minimum atomic E-state index is -3.71. The first-order chi connectivity index (χ1) is 12.5. The van der Waals surface area contributed by atoms with Gasteiger partial charge in [-0.05, 0) is 30.2 Å². The third kappa shape index (κ3) is 2.64. The summed E-state index contributed by atoms with van der Waals surface area (Å²) in [6.07, 6.45) is 0.671. The summed E-state index contributed by atoms with van der Waals surface area (Å²) in [5.74, 6) is 0.793. The zero-order valence-corrected chi connectivity index (χ0v) is 15.5. The molecule has 0 radical (unpaired) electrons. The molecule has 1 aliphatic heterocycles. The number of sulfonamides is 1. The first-order valence-corrected chi connectivity index (χ1v) is 9.79. The van der Waals surface area contributed by atoms with Crippen molar-refractivity contribution in [1.29, 1.82) is 0 Å². The van der Waals surface area contributed by atoms with Gasteiger partial charge >= 0.3 is 0 Å². The standard InChI is InChI=1S/C19H20N2O4S/c1-24-13-7-8-18(25-2)19(11-13)26(22,23)21-10-9-15-14-5-3-4-6-16(14)20-17(15)12-21/h3-8,11,20H,9-10,12H2,1-2H3. The summed E-state index contributed by atoms with van der Waals surface area (Å²) in [5, 5.41) is 1.17. The van der Waals surface area contributed by atoms with Crippen molar-refractivity contribution in [3.05, 3.63) is 53.7 Å². The number of hydrogen-bond donors (Lipinski definition) is 1. The number of aromatic amines is 1. The highest BCUT2D eigenvalue weighted by Gasteiger charge is 2.32. The van der Waals surface area contributed by atoms with E-state index in [4.69, 9.17) is 9.47 Å². The van der Waals surface area contributed by atoms with E-state index in [1.807, 2.05) is 18.2 Å². The molecule has 0 aliphatic carbocycles. The van der Waals surface area contributed by atoms with Crippen molar-refractivity contribution in [2.24, 2.45) is 0 Å². The molecule has 0 fully saturated rings. The molecule has 0 spiro atoms. The van der Waals surface area contributed by atoms with Crippen LogP contribution in [0, 0.1) is 0 Å². The lowest BCUT2D eigenvalue weighted by atomic mass is 10.1. The topological polar surface area (TPSA) is 71.6 Å². The highest BCUT2D eigenvalue weighted by atomic mass is 32.2. The van der Waals surface area contributed by atoms with Gasteiger partial charge in [0, 0.05) is 29.2 Å². The molecule has 6 nitrogen and oxygen atoms in total. The van der Waals surface area contributed by atoms with Gasteiger partial charge in [-0.1, -0.05) is 18.2 Å². The Labute approximate surface area is 152 Å². The Kier molecular flexibility index (Phi) is 4.13. The van der Waals surface area contributed by atoms with E-state index >= 15 is 0 Å². The fourth-order valence-electron chi connectivity index (χ4n) is 3.50. The molecule has 3 aromatic rings. The fourth-order valence-corrected chi connectivity index (χ4v) is 5.08. The summed E-state index contributed by atoms with van der Waals surface area (Å²) >= 11 is 0. The van der Waals surface area contributed by atoms with Gasteiger partial charge in [-0.25, -0.2) is 8.42 Å². The molecule has 0 amide bonds.